The fraction of sp³-hybridized carbons (Fsp3) is 0.450. The number of rotatable bonds is 20. The van der Waals surface area contributed by atoms with Crippen LogP contribution >= 0.6 is 0 Å². The lowest BCUT2D eigenvalue weighted by molar-refractivity contribution is -0.197. The standard InChI is InChI=1S/C40H49N3O13S2/c1-40(19-8-26-57(47,48)49)33-28-31(58(50,51)52)13-15-34(33)42(20-6-4-5-11-39(46)56-43-37(44)16-17-38(43)45)36(40)10-7-9-29-18-23-55-35-27-30(12-14-32(29)35)41(21-24-53-2)22-25-54-3/h7,9-10,12-15,18,23,27-28H,4-6,8,11,16-17,19-22,24-26H2,1-3H3,(H-,47,48,49,50,51,52). The van der Waals surface area contributed by atoms with Gasteiger partial charge in [0.2, 0.25) is 5.36 Å². The van der Waals surface area contributed by atoms with Crippen LogP contribution in [0.5, 0.6) is 0 Å². The maximum Gasteiger partial charge on any atom is 0.333 e. The molecule has 18 heteroatoms. The van der Waals surface area contributed by atoms with Gasteiger partial charge in [-0.05, 0) is 80.1 Å². The summed E-state index contributed by atoms with van der Waals surface area (Å²) in [6, 6.07) is 11.8. The Morgan fingerprint density at radius 1 is 0.966 bits per heavy atom. The zero-order valence-corrected chi connectivity index (χ0v) is 34.4. The molecule has 314 valence electrons. The minimum absolute atomic E-state index is 0.00568. The van der Waals surface area contributed by atoms with Gasteiger partial charge >= 0.3 is 5.97 Å². The predicted molar refractivity (Wildman–Crippen MR) is 212 cm³/mol. The van der Waals surface area contributed by atoms with Crippen molar-refractivity contribution in [1.29, 1.82) is 0 Å². The monoisotopic (exact) mass is 843 g/mol. The summed E-state index contributed by atoms with van der Waals surface area (Å²) >= 11 is 0. The fourth-order valence-corrected chi connectivity index (χ4v) is 8.30. The molecule has 3 heterocycles. The molecule has 16 nitrogen and oxygen atoms in total. The molecule has 0 radical (unpaired) electrons. The number of hydrogen-bond donors (Lipinski definition) is 1. The highest BCUT2D eigenvalue weighted by Gasteiger charge is 2.43. The molecule has 1 saturated heterocycles. The summed E-state index contributed by atoms with van der Waals surface area (Å²) in [4.78, 5) is 42.6. The van der Waals surface area contributed by atoms with Crippen molar-refractivity contribution >= 4 is 49.8 Å². The van der Waals surface area contributed by atoms with Crippen LogP contribution in [-0.2, 0) is 54.3 Å². The highest BCUT2D eigenvalue weighted by atomic mass is 32.2. The first-order valence-electron chi connectivity index (χ1n) is 18.9. The van der Waals surface area contributed by atoms with Gasteiger partial charge in [-0.3, -0.25) is 14.1 Å². The van der Waals surface area contributed by atoms with Gasteiger partial charge in [-0.1, -0.05) is 18.6 Å². The SMILES string of the molecule is COCC[N+](CCOC)=c1ccc2c(/C=C/C=C3/N(CCCCCC(=O)ON4C(=O)CCC4=O)c4ccc(S(=O)(=O)[O-])cc4C3(C)CCCS(=O)(=O)O)ccoc-2c1. The van der Waals surface area contributed by atoms with Crippen LogP contribution in [0.15, 0.2) is 75.9 Å². The Labute approximate surface area is 338 Å². The second-order valence-electron chi connectivity index (χ2n) is 14.3. The number of hydroxylamine groups is 2. The van der Waals surface area contributed by atoms with E-state index in [1.807, 2.05) is 54.3 Å². The molecule has 1 aromatic rings. The summed E-state index contributed by atoms with van der Waals surface area (Å²) in [5, 5.41) is 1.45. The Morgan fingerprint density at radius 2 is 1.67 bits per heavy atom. The lowest BCUT2D eigenvalue weighted by Crippen LogP contribution is -2.35. The van der Waals surface area contributed by atoms with Crippen molar-refractivity contribution in [2.24, 2.45) is 0 Å². The molecule has 1 aromatic carbocycles. The van der Waals surface area contributed by atoms with E-state index in [-0.39, 0.29) is 32.1 Å². The molecule has 5 rings (SSSR count). The number of ether oxygens (including phenoxy) is 2. The van der Waals surface area contributed by atoms with Crippen LogP contribution < -0.4 is 14.8 Å². The summed E-state index contributed by atoms with van der Waals surface area (Å²) in [6.45, 7) is 4.59. The lowest BCUT2D eigenvalue weighted by atomic mass is 9.77. The number of methoxy groups -OCH3 is 2. The van der Waals surface area contributed by atoms with E-state index in [1.54, 1.807) is 26.5 Å². The Bertz CT molecular complexity index is 2290. The summed E-state index contributed by atoms with van der Waals surface area (Å²) in [5.41, 5.74) is 2.49. The highest BCUT2D eigenvalue weighted by molar-refractivity contribution is 7.86. The summed E-state index contributed by atoms with van der Waals surface area (Å²) in [6.07, 6.45) is 8.81. The average Bonchev–Trinajstić information content (AvgIpc) is 3.60. The molecule has 3 aliphatic heterocycles. The molecule has 1 atom stereocenters. The van der Waals surface area contributed by atoms with Gasteiger partial charge in [-0.2, -0.15) is 8.42 Å². The first-order valence-corrected chi connectivity index (χ1v) is 21.9. The van der Waals surface area contributed by atoms with Gasteiger partial charge in [-0.15, -0.1) is 5.06 Å². The number of nitrogens with zero attached hydrogens (tertiary/aromatic N) is 3. The molecule has 0 aromatic heterocycles. The molecule has 1 aliphatic carbocycles. The third-order valence-corrected chi connectivity index (χ3v) is 11.9. The van der Waals surface area contributed by atoms with Gasteiger partial charge in [0.05, 0.1) is 23.0 Å². The normalized spacial score (nSPS) is 17.9. The van der Waals surface area contributed by atoms with Gasteiger partial charge < -0.3 is 28.2 Å². The second kappa shape index (κ2) is 19.4. The predicted octanol–water partition coefficient (Wildman–Crippen LogP) is 3.86. The number of imide groups is 1. The maximum absolute atomic E-state index is 12.4. The summed E-state index contributed by atoms with van der Waals surface area (Å²) < 4.78 is 88.2. The summed E-state index contributed by atoms with van der Waals surface area (Å²) in [7, 11) is -5.87. The molecule has 0 bridgehead atoms. The number of benzene rings is 2. The molecule has 0 spiro atoms. The van der Waals surface area contributed by atoms with Crippen LogP contribution in [-0.4, -0.2) is 102 Å². The molecule has 2 amide bonds. The van der Waals surface area contributed by atoms with Gasteiger partial charge in [0.15, 0.2) is 13.1 Å². The number of allylic oxidation sites excluding steroid dienone is 3. The van der Waals surface area contributed by atoms with Crippen LogP contribution in [0.4, 0.5) is 5.69 Å². The van der Waals surface area contributed by atoms with E-state index < -0.39 is 54.1 Å². The van der Waals surface area contributed by atoms with Gasteiger partial charge in [-0.25, -0.2) is 17.8 Å². The van der Waals surface area contributed by atoms with E-state index in [2.05, 4.69) is 4.58 Å². The van der Waals surface area contributed by atoms with E-state index >= 15 is 0 Å². The third kappa shape index (κ3) is 11.1. The lowest BCUT2D eigenvalue weighted by Gasteiger charge is -2.30. The summed E-state index contributed by atoms with van der Waals surface area (Å²) in [5.74, 6) is -1.71. The first-order chi connectivity index (χ1) is 27.6. The van der Waals surface area contributed by atoms with Crippen LogP contribution in [0.25, 0.3) is 17.4 Å². The Morgan fingerprint density at radius 3 is 2.33 bits per heavy atom. The van der Waals surface area contributed by atoms with Crippen LogP contribution in [0, 0.1) is 0 Å². The zero-order valence-electron chi connectivity index (χ0n) is 32.8. The molecule has 1 unspecified atom stereocenters. The smallest absolute Gasteiger partial charge is 0.333 e. The zero-order chi connectivity index (χ0) is 42.1. The van der Waals surface area contributed by atoms with E-state index in [0.717, 1.165) is 16.5 Å². The fourth-order valence-electron chi connectivity index (χ4n) is 7.30. The number of hydrogen-bond acceptors (Lipinski definition) is 13. The average molecular weight is 844 g/mol. The number of unbranched alkanes of at least 4 members (excludes halogenated alkanes) is 2. The van der Waals surface area contributed by atoms with Crippen molar-refractivity contribution < 1.29 is 59.1 Å². The van der Waals surface area contributed by atoms with E-state index in [1.165, 1.54) is 12.1 Å². The first kappa shape index (κ1) is 44.4. The molecular formula is C40H49N3O13S2. The molecule has 0 saturated carbocycles. The van der Waals surface area contributed by atoms with Crippen molar-refractivity contribution in [2.75, 3.05) is 57.7 Å². The van der Waals surface area contributed by atoms with Gasteiger partial charge in [0.25, 0.3) is 21.9 Å². The number of carbonyl (C=O) groups is 3. The largest absolute Gasteiger partial charge is 0.744 e. The molecule has 1 N–H and O–H groups in total. The van der Waals surface area contributed by atoms with Gasteiger partial charge in [0.1, 0.15) is 29.1 Å². The number of anilines is 1. The van der Waals surface area contributed by atoms with Crippen LogP contribution in [0.2, 0.25) is 0 Å². The maximum atomic E-state index is 12.4. The molecule has 1 fully saturated rings. The Balaban J connectivity index is 1.46. The number of amides is 2. The minimum atomic E-state index is -4.84. The topological polar surface area (TPSA) is 213 Å². The molecule has 58 heavy (non-hydrogen) atoms. The molecule has 4 aliphatic rings. The van der Waals surface area contributed by atoms with Crippen LogP contribution in [0.3, 0.4) is 0 Å². The number of carbonyl (C=O) groups excluding carboxylic acids is 3. The van der Waals surface area contributed by atoms with Gasteiger partial charge in [0, 0.05) is 68.5 Å². The Hall–Kier alpha value is -4.72. The van der Waals surface area contributed by atoms with E-state index in [0.29, 0.717) is 79.9 Å². The van der Waals surface area contributed by atoms with Crippen molar-refractivity contribution in [2.45, 2.75) is 68.6 Å². The minimum Gasteiger partial charge on any atom is -0.744 e. The van der Waals surface area contributed by atoms with Crippen molar-refractivity contribution in [1.82, 2.24) is 9.64 Å². The number of fused-ring (bicyclic) bond motifs is 2. The van der Waals surface area contributed by atoms with Crippen molar-refractivity contribution in [3.8, 4) is 11.3 Å². The van der Waals surface area contributed by atoms with E-state index in [4.69, 9.17) is 18.7 Å². The quantitative estimate of drug-likeness (QED) is 0.0741. The Kier molecular flexibility index (Phi) is 14.8. The van der Waals surface area contributed by atoms with Crippen molar-refractivity contribution in [3.05, 3.63) is 83.1 Å². The van der Waals surface area contributed by atoms with E-state index in [9.17, 15) is 40.3 Å². The van der Waals surface area contributed by atoms with Crippen LogP contribution in [0.1, 0.15) is 69.4 Å². The second-order valence-corrected chi connectivity index (χ2v) is 17.3. The highest BCUT2D eigenvalue weighted by Crippen LogP contribution is 2.51. The third-order valence-electron chi connectivity index (χ3n) is 10.3. The van der Waals surface area contributed by atoms with Crippen molar-refractivity contribution in [3.63, 3.8) is 0 Å². The molecular weight excluding hydrogens is 795 g/mol.